The number of aryl methyl sites for hydroxylation is 1. The first-order chi connectivity index (χ1) is 19.9. The number of alkyl halides is 2. The van der Waals surface area contributed by atoms with Crippen LogP contribution < -0.4 is 16.2 Å². The summed E-state index contributed by atoms with van der Waals surface area (Å²) in [6.45, 7) is 3.80. The number of benzene rings is 2. The first-order valence-corrected chi connectivity index (χ1v) is 13.7. The number of hydrogen-bond donors (Lipinski definition) is 2. The molecule has 1 aliphatic carbocycles. The number of rotatable bonds is 9. The summed E-state index contributed by atoms with van der Waals surface area (Å²) >= 11 is 6.50. The molecule has 2 aromatic carbocycles. The van der Waals surface area contributed by atoms with E-state index in [0.717, 1.165) is 16.7 Å². The number of pyridine rings is 1. The summed E-state index contributed by atoms with van der Waals surface area (Å²) in [5, 5.41) is 13.5. The van der Waals surface area contributed by atoms with Crippen LogP contribution in [0.15, 0.2) is 71.9 Å². The van der Waals surface area contributed by atoms with Crippen LogP contribution in [-0.2, 0) is 23.1 Å². The van der Waals surface area contributed by atoms with Crippen molar-refractivity contribution < 1.29 is 18.4 Å². The van der Waals surface area contributed by atoms with Gasteiger partial charge in [0.25, 0.3) is 11.5 Å². The van der Waals surface area contributed by atoms with Crippen LogP contribution in [-0.4, -0.2) is 43.1 Å². The Bertz CT molecular complexity index is 1700. The lowest BCUT2D eigenvalue weighted by atomic mass is 9.99. The van der Waals surface area contributed by atoms with Crippen LogP contribution in [0.1, 0.15) is 31.9 Å². The van der Waals surface area contributed by atoms with Crippen LogP contribution >= 0.6 is 11.6 Å². The van der Waals surface area contributed by atoms with Crippen LogP contribution in [0.4, 0.5) is 14.5 Å². The van der Waals surface area contributed by atoms with E-state index in [0.29, 0.717) is 22.1 Å². The van der Waals surface area contributed by atoms with Gasteiger partial charge in [0.2, 0.25) is 11.8 Å². The minimum absolute atomic E-state index is 0.0522. The maximum Gasteiger partial charge on any atom is 0.260 e. The van der Waals surface area contributed by atoms with Crippen molar-refractivity contribution in [1.82, 2.24) is 24.6 Å². The number of carbonyl (C=O) groups is 2. The average molecular weight is 595 g/mol. The standard InChI is InChI=1S/C30H29ClF2N6O3/c1-17(2)39-15-20(7-11-26(39)40)19-6-10-24(31)21(12-19)13-25(36-28(41)23-14-30(23,32)33)29(42)35-22-8-4-18(5-9-22)27-37-34-16-38(27)3/h4-12,15-17,23,25H,13-14H2,1-3H3,(H,35,42)(H,36,41)/t23?,25-/m0/s1. The first-order valence-electron chi connectivity index (χ1n) is 13.4. The smallest absolute Gasteiger partial charge is 0.260 e. The third-order valence-corrected chi connectivity index (χ3v) is 7.56. The van der Waals surface area contributed by atoms with Gasteiger partial charge in [0, 0.05) is 54.5 Å². The van der Waals surface area contributed by atoms with Gasteiger partial charge < -0.3 is 19.8 Å². The highest BCUT2D eigenvalue weighted by molar-refractivity contribution is 6.31. The Kier molecular flexibility index (Phi) is 7.96. The summed E-state index contributed by atoms with van der Waals surface area (Å²) in [6, 6.07) is 14.0. The van der Waals surface area contributed by atoms with E-state index in [2.05, 4.69) is 20.8 Å². The van der Waals surface area contributed by atoms with Crippen molar-refractivity contribution in [2.24, 2.45) is 13.0 Å². The molecule has 1 saturated carbocycles. The van der Waals surface area contributed by atoms with Gasteiger partial charge in [-0.3, -0.25) is 14.4 Å². The van der Waals surface area contributed by atoms with Crippen molar-refractivity contribution in [3.05, 3.63) is 88.1 Å². The molecule has 1 fully saturated rings. The predicted octanol–water partition coefficient (Wildman–Crippen LogP) is 4.87. The lowest BCUT2D eigenvalue weighted by Gasteiger charge is -2.20. The fourth-order valence-corrected chi connectivity index (χ4v) is 4.86. The molecule has 2 atom stereocenters. The molecule has 1 aliphatic rings. The highest BCUT2D eigenvalue weighted by atomic mass is 35.5. The van der Waals surface area contributed by atoms with Gasteiger partial charge in [-0.15, -0.1) is 10.2 Å². The van der Waals surface area contributed by atoms with E-state index in [4.69, 9.17) is 11.6 Å². The molecule has 2 N–H and O–H groups in total. The van der Waals surface area contributed by atoms with E-state index in [-0.39, 0.29) is 18.0 Å². The monoisotopic (exact) mass is 594 g/mol. The van der Waals surface area contributed by atoms with Crippen molar-refractivity contribution in [2.75, 3.05) is 5.32 Å². The zero-order chi connectivity index (χ0) is 30.2. The predicted molar refractivity (Wildman–Crippen MR) is 155 cm³/mol. The molecule has 0 radical (unpaired) electrons. The minimum Gasteiger partial charge on any atom is -0.344 e. The second kappa shape index (κ2) is 11.5. The SMILES string of the molecule is CC(C)n1cc(-c2ccc(Cl)c(C[C@H](NC(=O)C3CC3(F)F)C(=O)Nc3ccc(-c4nncn4C)cc3)c2)ccc1=O. The molecule has 42 heavy (non-hydrogen) atoms. The van der Waals surface area contributed by atoms with Crippen molar-refractivity contribution >= 4 is 29.1 Å². The van der Waals surface area contributed by atoms with Crippen LogP contribution in [0, 0.1) is 5.92 Å². The van der Waals surface area contributed by atoms with E-state index in [1.165, 1.54) is 6.07 Å². The van der Waals surface area contributed by atoms with Crippen LogP contribution in [0.2, 0.25) is 5.02 Å². The van der Waals surface area contributed by atoms with Crippen molar-refractivity contribution in [1.29, 1.82) is 0 Å². The molecule has 2 aromatic heterocycles. The highest BCUT2D eigenvalue weighted by Gasteiger charge is 2.61. The summed E-state index contributed by atoms with van der Waals surface area (Å²) in [5.74, 6) is -5.40. The molecule has 12 heteroatoms. The van der Waals surface area contributed by atoms with E-state index >= 15 is 0 Å². The molecule has 1 unspecified atom stereocenters. The molecule has 5 rings (SSSR count). The van der Waals surface area contributed by atoms with Gasteiger partial charge >= 0.3 is 0 Å². The summed E-state index contributed by atoms with van der Waals surface area (Å²) in [4.78, 5) is 38.3. The number of nitrogens with one attached hydrogen (secondary N) is 2. The Morgan fingerprint density at radius 2 is 1.74 bits per heavy atom. The minimum atomic E-state index is -3.09. The van der Waals surface area contributed by atoms with Gasteiger partial charge in [0.15, 0.2) is 5.82 Å². The van der Waals surface area contributed by atoms with Gasteiger partial charge in [0.05, 0.1) is 0 Å². The number of halogens is 3. The largest absolute Gasteiger partial charge is 0.344 e. The van der Waals surface area contributed by atoms with Crippen molar-refractivity contribution in [2.45, 2.75) is 44.7 Å². The normalized spacial score (nSPS) is 16.2. The number of aromatic nitrogens is 4. The lowest BCUT2D eigenvalue weighted by molar-refractivity contribution is -0.128. The molecule has 0 aliphatic heterocycles. The zero-order valence-electron chi connectivity index (χ0n) is 23.1. The van der Waals surface area contributed by atoms with Gasteiger partial charge in [-0.2, -0.15) is 0 Å². The summed E-state index contributed by atoms with van der Waals surface area (Å²) in [6.07, 6.45) is 2.70. The third kappa shape index (κ3) is 6.25. The molecule has 218 valence electrons. The summed E-state index contributed by atoms with van der Waals surface area (Å²) < 4.78 is 30.7. The summed E-state index contributed by atoms with van der Waals surface area (Å²) in [5.41, 5.74) is 3.11. The second-order valence-electron chi connectivity index (χ2n) is 10.7. The average Bonchev–Trinajstić information content (AvgIpc) is 3.38. The maximum absolute atomic E-state index is 13.7. The van der Waals surface area contributed by atoms with E-state index in [1.54, 1.807) is 70.2 Å². The molecule has 0 bridgehead atoms. The Labute approximate surface area is 245 Å². The van der Waals surface area contributed by atoms with Crippen LogP contribution in [0.3, 0.4) is 0 Å². The van der Waals surface area contributed by atoms with E-state index < -0.39 is 36.1 Å². The molecule has 9 nitrogen and oxygen atoms in total. The molecule has 4 aromatic rings. The molecule has 0 saturated heterocycles. The molecular formula is C30H29ClF2N6O3. The van der Waals surface area contributed by atoms with Gasteiger partial charge in [-0.1, -0.05) is 17.7 Å². The van der Waals surface area contributed by atoms with Gasteiger partial charge in [0.1, 0.15) is 18.3 Å². The second-order valence-corrected chi connectivity index (χ2v) is 11.1. The van der Waals surface area contributed by atoms with E-state index in [9.17, 15) is 23.2 Å². The van der Waals surface area contributed by atoms with Crippen molar-refractivity contribution in [3.8, 4) is 22.5 Å². The first kappa shape index (κ1) is 29.1. The number of nitrogens with zero attached hydrogens (tertiary/aromatic N) is 4. The molecule has 2 heterocycles. The maximum atomic E-state index is 13.7. The fourth-order valence-electron chi connectivity index (χ4n) is 4.66. The van der Waals surface area contributed by atoms with E-state index in [1.807, 2.05) is 20.9 Å². The molecule has 0 spiro atoms. The lowest BCUT2D eigenvalue weighted by Crippen LogP contribution is -2.46. The zero-order valence-corrected chi connectivity index (χ0v) is 23.9. The third-order valence-electron chi connectivity index (χ3n) is 7.20. The topological polar surface area (TPSA) is 111 Å². The molecule has 2 amide bonds. The number of anilines is 1. The quantitative estimate of drug-likeness (QED) is 0.287. The van der Waals surface area contributed by atoms with Crippen LogP contribution in [0.5, 0.6) is 0 Å². The van der Waals surface area contributed by atoms with Crippen molar-refractivity contribution in [3.63, 3.8) is 0 Å². The Morgan fingerprint density at radius 1 is 1.07 bits per heavy atom. The van der Waals surface area contributed by atoms with Crippen LogP contribution in [0.25, 0.3) is 22.5 Å². The van der Waals surface area contributed by atoms with Gasteiger partial charge in [-0.05, 0) is 73.0 Å². The Balaban J connectivity index is 1.40. The number of carbonyl (C=O) groups excluding carboxylic acids is 2. The number of hydrogen-bond acceptors (Lipinski definition) is 5. The summed E-state index contributed by atoms with van der Waals surface area (Å²) in [7, 11) is 1.81. The Hall–Kier alpha value is -4.38. The number of amides is 2. The van der Waals surface area contributed by atoms with Gasteiger partial charge in [-0.25, -0.2) is 8.78 Å². The fraction of sp³-hybridized carbons (Fsp3) is 0.300. The Morgan fingerprint density at radius 3 is 2.36 bits per heavy atom. The molecular weight excluding hydrogens is 566 g/mol. The highest BCUT2D eigenvalue weighted by Crippen LogP contribution is 2.48.